The molecule has 0 saturated carbocycles. The quantitative estimate of drug-likeness (QED) is 0.474. The van der Waals surface area contributed by atoms with Gasteiger partial charge in [-0.1, -0.05) is 6.07 Å². The molecule has 0 spiro atoms. The molecule has 1 N–H and O–H groups in total. The van der Waals surface area contributed by atoms with Crippen LogP contribution in [0, 0.1) is 10.1 Å². The van der Waals surface area contributed by atoms with Crippen LogP contribution in [0.2, 0.25) is 0 Å². The lowest BCUT2D eigenvalue weighted by Crippen LogP contribution is -2.20. The van der Waals surface area contributed by atoms with E-state index in [1.807, 2.05) is 0 Å². The van der Waals surface area contributed by atoms with Crippen molar-refractivity contribution < 1.29 is 24.0 Å². The molecule has 2 rings (SSSR count). The lowest BCUT2D eigenvalue weighted by atomic mass is 10.2. The summed E-state index contributed by atoms with van der Waals surface area (Å²) in [6, 6.07) is 10.1. The van der Waals surface area contributed by atoms with E-state index in [0.29, 0.717) is 12.0 Å². The lowest BCUT2D eigenvalue weighted by Gasteiger charge is -2.10. The number of non-ortho nitro benzene ring substituents is 1. The highest BCUT2D eigenvalue weighted by Crippen LogP contribution is 2.23. The van der Waals surface area contributed by atoms with Gasteiger partial charge in [0, 0.05) is 17.8 Å². The zero-order valence-electron chi connectivity index (χ0n) is 12.7. The van der Waals surface area contributed by atoms with Gasteiger partial charge in [-0.25, -0.2) is 0 Å². The summed E-state index contributed by atoms with van der Waals surface area (Å²) >= 11 is 0. The van der Waals surface area contributed by atoms with Crippen LogP contribution in [0.3, 0.4) is 0 Å². The standard InChI is InChI=1S/C16H14N2O6/c1-23-14-5-6-15(11(7-14)9-19)24-10-16(20)17-12-3-2-4-13(8-12)18(21)22/h2-9H,10H2,1H3,(H,17,20). The van der Waals surface area contributed by atoms with Gasteiger partial charge in [0.15, 0.2) is 12.9 Å². The van der Waals surface area contributed by atoms with Crippen LogP contribution in [0.5, 0.6) is 11.5 Å². The van der Waals surface area contributed by atoms with Gasteiger partial charge in [0.05, 0.1) is 17.6 Å². The van der Waals surface area contributed by atoms with Gasteiger partial charge in [0.25, 0.3) is 11.6 Å². The largest absolute Gasteiger partial charge is 0.497 e. The van der Waals surface area contributed by atoms with Crippen molar-refractivity contribution in [2.75, 3.05) is 19.0 Å². The Morgan fingerprint density at radius 3 is 2.75 bits per heavy atom. The van der Waals surface area contributed by atoms with Crippen molar-refractivity contribution in [3.8, 4) is 11.5 Å². The molecule has 0 aliphatic heterocycles. The summed E-state index contributed by atoms with van der Waals surface area (Å²) in [5.41, 5.74) is 0.396. The van der Waals surface area contributed by atoms with E-state index in [4.69, 9.17) is 9.47 Å². The molecule has 2 aromatic carbocycles. The molecule has 2 aromatic rings. The second-order valence-electron chi connectivity index (χ2n) is 4.67. The number of ether oxygens (including phenoxy) is 2. The van der Waals surface area contributed by atoms with Crippen LogP contribution in [0.4, 0.5) is 11.4 Å². The average molecular weight is 330 g/mol. The Morgan fingerprint density at radius 2 is 2.08 bits per heavy atom. The fraction of sp³-hybridized carbons (Fsp3) is 0.125. The molecule has 0 bridgehead atoms. The summed E-state index contributed by atoms with van der Waals surface area (Å²) in [5, 5.41) is 13.2. The highest BCUT2D eigenvalue weighted by molar-refractivity contribution is 5.92. The number of methoxy groups -OCH3 is 1. The molecule has 8 nitrogen and oxygen atoms in total. The van der Waals surface area contributed by atoms with Crippen LogP contribution in [-0.2, 0) is 4.79 Å². The van der Waals surface area contributed by atoms with Crippen LogP contribution >= 0.6 is 0 Å². The molecule has 0 heterocycles. The summed E-state index contributed by atoms with van der Waals surface area (Å²) in [6.07, 6.45) is 0.594. The van der Waals surface area contributed by atoms with E-state index in [-0.39, 0.29) is 29.3 Å². The molecule has 0 atom stereocenters. The van der Waals surface area contributed by atoms with Crippen LogP contribution in [-0.4, -0.2) is 30.8 Å². The first-order chi connectivity index (χ1) is 11.5. The first-order valence-electron chi connectivity index (χ1n) is 6.84. The zero-order valence-corrected chi connectivity index (χ0v) is 12.7. The average Bonchev–Trinajstić information content (AvgIpc) is 2.60. The molecule has 0 saturated heterocycles. The van der Waals surface area contributed by atoms with E-state index in [0.717, 1.165) is 0 Å². The predicted molar refractivity (Wildman–Crippen MR) is 85.6 cm³/mol. The minimum absolute atomic E-state index is 0.132. The molecule has 124 valence electrons. The molecular formula is C16H14N2O6. The van der Waals surface area contributed by atoms with Gasteiger partial charge in [0.1, 0.15) is 11.5 Å². The number of anilines is 1. The molecule has 24 heavy (non-hydrogen) atoms. The first kappa shape index (κ1) is 16.9. The SMILES string of the molecule is COc1ccc(OCC(=O)Nc2cccc([N+](=O)[O-])c2)c(C=O)c1. The van der Waals surface area contributed by atoms with Crippen molar-refractivity contribution in [3.05, 3.63) is 58.1 Å². The van der Waals surface area contributed by atoms with E-state index in [2.05, 4.69) is 5.32 Å². The molecular weight excluding hydrogens is 316 g/mol. The van der Waals surface area contributed by atoms with Crippen molar-refractivity contribution in [1.82, 2.24) is 0 Å². The fourth-order valence-corrected chi connectivity index (χ4v) is 1.91. The summed E-state index contributed by atoms with van der Waals surface area (Å²) < 4.78 is 10.3. The molecule has 0 aliphatic rings. The predicted octanol–water partition coefficient (Wildman–Crippen LogP) is 2.43. The van der Waals surface area contributed by atoms with Crippen molar-refractivity contribution >= 4 is 23.6 Å². The molecule has 0 aromatic heterocycles. The minimum Gasteiger partial charge on any atom is -0.497 e. The normalized spacial score (nSPS) is 9.88. The van der Waals surface area contributed by atoms with E-state index in [9.17, 15) is 19.7 Å². The van der Waals surface area contributed by atoms with Gasteiger partial charge in [-0.3, -0.25) is 19.7 Å². The van der Waals surface area contributed by atoms with E-state index < -0.39 is 10.8 Å². The molecule has 0 fully saturated rings. The van der Waals surface area contributed by atoms with Crippen LogP contribution in [0.25, 0.3) is 0 Å². The molecule has 0 aliphatic carbocycles. The van der Waals surface area contributed by atoms with Crippen molar-refractivity contribution in [2.24, 2.45) is 0 Å². The molecule has 0 radical (unpaired) electrons. The number of aldehydes is 1. The van der Waals surface area contributed by atoms with Gasteiger partial charge in [-0.15, -0.1) is 0 Å². The number of nitro benzene ring substituents is 1. The third kappa shape index (κ3) is 4.29. The maximum absolute atomic E-state index is 11.9. The van der Waals surface area contributed by atoms with Crippen molar-refractivity contribution in [3.63, 3.8) is 0 Å². The number of nitrogens with zero attached hydrogens (tertiary/aromatic N) is 1. The highest BCUT2D eigenvalue weighted by Gasteiger charge is 2.10. The third-order valence-corrected chi connectivity index (χ3v) is 3.04. The van der Waals surface area contributed by atoms with Gasteiger partial charge < -0.3 is 14.8 Å². The van der Waals surface area contributed by atoms with Crippen LogP contribution < -0.4 is 14.8 Å². The Kier molecular flexibility index (Phi) is 5.45. The fourth-order valence-electron chi connectivity index (χ4n) is 1.91. The zero-order chi connectivity index (χ0) is 17.5. The highest BCUT2D eigenvalue weighted by atomic mass is 16.6. The number of nitrogens with one attached hydrogen (secondary N) is 1. The smallest absolute Gasteiger partial charge is 0.271 e. The van der Waals surface area contributed by atoms with Gasteiger partial charge >= 0.3 is 0 Å². The van der Waals surface area contributed by atoms with Gasteiger partial charge in [-0.05, 0) is 24.3 Å². The van der Waals surface area contributed by atoms with Gasteiger partial charge in [-0.2, -0.15) is 0 Å². The Bertz CT molecular complexity index is 775. The Morgan fingerprint density at radius 1 is 1.29 bits per heavy atom. The topological polar surface area (TPSA) is 108 Å². The molecule has 0 unspecified atom stereocenters. The van der Waals surface area contributed by atoms with Crippen LogP contribution in [0.15, 0.2) is 42.5 Å². The summed E-state index contributed by atoms with van der Waals surface area (Å²) in [5.74, 6) is 0.216. The Balaban J connectivity index is 2.00. The number of carbonyl (C=O) groups excluding carboxylic acids is 2. The Labute approximate surface area is 137 Å². The number of nitro groups is 1. The number of rotatable bonds is 7. The Hall–Kier alpha value is -3.42. The summed E-state index contributed by atoms with van der Waals surface area (Å²) in [4.78, 5) is 33.0. The maximum atomic E-state index is 11.9. The maximum Gasteiger partial charge on any atom is 0.271 e. The summed E-state index contributed by atoms with van der Waals surface area (Å²) in [7, 11) is 1.47. The van der Waals surface area contributed by atoms with E-state index in [1.165, 1.54) is 43.5 Å². The number of benzene rings is 2. The lowest BCUT2D eigenvalue weighted by molar-refractivity contribution is -0.384. The van der Waals surface area contributed by atoms with Crippen molar-refractivity contribution in [1.29, 1.82) is 0 Å². The number of carbonyl (C=O) groups is 2. The second-order valence-corrected chi connectivity index (χ2v) is 4.67. The number of amides is 1. The second kappa shape index (κ2) is 7.73. The number of hydrogen-bond acceptors (Lipinski definition) is 6. The van der Waals surface area contributed by atoms with Gasteiger partial charge in [0.2, 0.25) is 0 Å². The summed E-state index contributed by atoms with van der Waals surface area (Å²) in [6.45, 7) is -0.351. The van der Waals surface area contributed by atoms with E-state index in [1.54, 1.807) is 6.07 Å². The number of hydrogen-bond donors (Lipinski definition) is 1. The third-order valence-electron chi connectivity index (χ3n) is 3.04. The van der Waals surface area contributed by atoms with E-state index >= 15 is 0 Å². The monoisotopic (exact) mass is 330 g/mol. The van der Waals surface area contributed by atoms with Crippen LogP contribution in [0.1, 0.15) is 10.4 Å². The first-order valence-corrected chi connectivity index (χ1v) is 6.84. The minimum atomic E-state index is -0.556. The van der Waals surface area contributed by atoms with Crippen molar-refractivity contribution in [2.45, 2.75) is 0 Å². The molecule has 1 amide bonds. The molecule has 8 heteroatoms.